The third kappa shape index (κ3) is 2.25. The van der Waals surface area contributed by atoms with E-state index in [4.69, 9.17) is 4.74 Å². The molecule has 0 amide bonds. The number of fused-ring (bicyclic) bond motifs is 3. The first-order chi connectivity index (χ1) is 11.6. The molecule has 1 saturated carbocycles. The molecule has 1 aromatic carbocycles. The second-order valence-corrected chi connectivity index (χ2v) is 6.66. The van der Waals surface area contributed by atoms with Crippen molar-refractivity contribution in [3.8, 4) is 5.75 Å². The van der Waals surface area contributed by atoms with Crippen molar-refractivity contribution in [1.29, 1.82) is 0 Å². The predicted octanol–water partition coefficient (Wildman–Crippen LogP) is 3.18. The standard InChI is InChI=1S/C18H21N3O3/c1-21-16(9-15(20-21)18(22)23)17-12-5-3-4-11(12)13-8-10(24-2)6-7-14(13)19-17/h6-9,11-12,17,19H,3-5H2,1-2H3,(H,22,23)/t11-,12+,17-/m1/s1. The lowest BCUT2D eigenvalue weighted by Crippen LogP contribution is -2.30. The molecule has 1 aliphatic carbocycles. The summed E-state index contributed by atoms with van der Waals surface area (Å²) in [7, 11) is 3.51. The predicted molar refractivity (Wildman–Crippen MR) is 89.6 cm³/mol. The normalized spacial score (nSPS) is 24.8. The van der Waals surface area contributed by atoms with E-state index in [9.17, 15) is 9.90 Å². The second kappa shape index (κ2) is 5.54. The molecule has 0 bridgehead atoms. The average molecular weight is 327 g/mol. The van der Waals surface area contributed by atoms with E-state index in [0.717, 1.165) is 30.0 Å². The summed E-state index contributed by atoms with van der Waals surface area (Å²) in [4.78, 5) is 11.2. The van der Waals surface area contributed by atoms with Gasteiger partial charge in [-0.15, -0.1) is 0 Å². The van der Waals surface area contributed by atoms with Gasteiger partial charge in [0.1, 0.15) is 5.75 Å². The Morgan fingerprint density at radius 3 is 2.92 bits per heavy atom. The molecular weight excluding hydrogens is 306 g/mol. The van der Waals surface area contributed by atoms with Gasteiger partial charge in [-0.1, -0.05) is 6.42 Å². The van der Waals surface area contributed by atoms with Gasteiger partial charge in [0.25, 0.3) is 0 Å². The molecule has 2 N–H and O–H groups in total. The van der Waals surface area contributed by atoms with Crippen LogP contribution >= 0.6 is 0 Å². The van der Waals surface area contributed by atoms with Crippen LogP contribution < -0.4 is 10.1 Å². The zero-order chi connectivity index (χ0) is 16.8. The van der Waals surface area contributed by atoms with Crippen LogP contribution in [0.1, 0.15) is 53.0 Å². The molecule has 1 aromatic heterocycles. The first-order valence-electron chi connectivity index (χ1n) is 8.30. The van der Waals surface area contributed by atoms with Gasteiger partial charge in [-0.05, 0) is 54.5 Å². The lowest BCUT2D eigenvalue weighted by molar-refractivity contribution is 0.0689. The maximum atomic E-state index is 11.2. The Kier molecular flexibility index (Phi) is 3.48. The Balaban J connectivity index is 1.76. The third-order valence-corrected chi connectivity index (χ3v) is 5.42. The average Bonchev–Trinajstić information content (AvgIpc) is 3.20. The van der Waals surface area contributed by atoms with Gasteiger partial charge < -0.3 is 15.2 Å². The first-order valence-corrected chi connectivity index (χ1v) is 8.30. The minimum atomic E-state index is -0.985. The maximum Gasteiger partial charge on any atom is 0.356 e. The number of carbonyl (C=O) groups is 1. The van der Waals surface area contributed by atoms with Crippen molar-refractivity contribution >= 4 is 11.7 Å². The van der Waals surface area contributed by atoms with Crippen LogP contribution in [0.15, 0.2) is 24.3 Å². The molecule has 0 unspecified atom stereocenters. The second-order valence-electron chi connectivity index (χ2n) is 6.66. The van der Waals surface area contributed by atoms with E-state index >= 15 is 0 Å². The van der Waals surface area contributed by atoms with Crippen LogP contribution in [0.5, 0.6) is 5.75 Å². The number of nitrogens with zero attached hydrogens (tertiary/aromatic N) is 2. The van der Waals surface area contributed by atoms with Gasteiger partial charge in [-0.2, -0.15) is 5.10 Å². The highest BCUT2D eigenvalue weighted by Crippen LogP contribution is 2.53. The van der Waals surface area contributed by atoms with Crippen LogP contribution in [0.3, 0.4) is 0 Å². The number of rotatable bonds is 3. The molecule has 6 nitrogen and oxygen atoms in total. The van der Waals surface area contributed by atoms with Gasteiger partial charge >= 0.3 is 5.97 Å². The van der Waals surface area contributed by atoms with Gasteiger partial charge in [0.2, 0.25) is 0 Å². The Bertz CT molecular complexity index is 799. The summed E-state index contributed by atoms with van der Waals surface area (Å²) in [6, 6.07) is 7.94. The number of carboxylic acid groups (broad SMARTS) is 1. The molecule has 0 saturated heterocycles. The molecule has 0 radical (unpaired) electrons. The van der Waals surface area contributed by atoms with Crippen LogP contribution in [-0.2, 0) is 7.05 Å². The zero-order valence-electron chi connectivity index (χ0n) is 13.8. The highest BCUT2D eigenvalue weighted by molar-refractivity contribution is 5.85. The molecule has 1 fully saturated rings. The first kappa shape index (κ1) is 15.1. The molecule has 2 aliphatic rings. The summed E-state index contributed by atoms with van der Waals surface area (Å²) in [6.07, 6.45) is 3.48. The number of aromatic carboxylic acids is 1. The van der Waals surface area contributed by atoms with Crippen molar-refractivity contribution in [3.05, 3.63) is 41.2 Å². The number of aryl methyl sites for hydroxylation is 1. The minimum absolute atomic E-state index is 0.0870. The summed E-state index contributed by atoms with van der Waals surface area (Å²) in [5.41, 5.74) is 3.46. The SMILES string of the molecule is COc1ccc2c(c1)[C@@H]1CCC[C@@H]1[C@H](c1cc(C(=O)O)nn1C)N2. The molecular formula is C18H21N3O3. The van der Waals surface area contributed by atoms with Crippen LogP contribution in [0.4, 0.5) is 5.69 Å². The Labute approximate surface area is 140 Å². The third-order valence-electron chi connectivity index (χ3n) is 5.42. The highest BCUT2D eigenvalue weighted by Gasteiger charge is 2.41. The fraction of sp³-hybridized carbons (Fsp3) is 0.444. The Morgan fingerprint density at radius 1 is 1.38 bits per heavy atom. The maximum absolute atomic E-state index is 11.2. The van der Waals surface area contributed by atoms with Gasteiger partial charge in [0, 0.05) is 12.7 Å². The number of hydrogen-bond donors (Lipinski definition) is 2. The van der Waals surface area contributed by atoms with Crippen molar-refractivity contribution < 1.29 is 14.6 Å². The number of benzene rings is 1. The molecule has 4 rings (SSSR count). The Morgan fingerprint density at radius 2 is 2.21 bits per heavy atom. The van der Waals surface area contributed by atoms with Crippen LogP contribution in [0.25, 0.3) is 0 Å². The minimum Gasteiger partial charge on any atom is -0.497 e. The Hall–Kier alpha value is -2.50. The molecule has 0 spiro atoms. The number of anilines is 1. The molecule has 126 valence electrons. The van der Waals surface area contributed by atoms with Crippen molar-refractivity contribution in [3.63, 3.8) is 0 Å². The number of methoxy groups -OCH3 is 1. The van der Waals surface area contributed by atoms with Crippen LogP contribution in [0, 0.1) is 5.92 Å². The molecule has 6 heteroatoms. The van der Waals surface area contributed by atoms with Crippen molar-refractivity contribution in [2.75, 3.05) is 12.4 Å². The quantitative estimate of drug-likeness (QED) is 0.905. The molecule has 24 heavy (non-hydrogen) atoms. The molecule has 2 heterocycles. The number of carboxylic acids is 1. The fourth-order valence-corrected chi connectivity index (χ4v) is 4.32. The number of nitrogens with one attached hydrogen (secondary N) is 1. The van der Waals surface area contributed by atoms with Crippen molar-refractivity contribution in [1.82, 2.24) is 9.78 Å². The molecule has 2 aromatic rings. The van der Waals surface area contributed by atoms with Crippen molar-refractivity contribution in [2.45, 2.75) is 31.2 Å². The van der Waals surface area contributed by atoms with E-state index in [2.05, 4.69) is 22.5 Å². The number of ether oxygens (including phenoxy) is 1. The van der Waals surface area contributed by atoms with E-state index < -0.39 is 5.97 Å². The number of aromatic nitrogens is 2. The van der Waals surface area contributed by atoms with Gasteiger partial charge in [0.05, 0.1) is 18.8 Å². The summed E-state index contributed by atoms with van der Waals surface area (Å²) in [5, 5.41) is 17.0. The van der Waals surface area contributed by atoms with E-state index in [1.54, 1.807) is 17.9 Å². The zero-order valence-corrected chi connectivity index (χ0v) is 13.8. The van der Waals surface area contributed by atoms with Crippen LogP contribution in [0.2, 0.25) is 0 Å². The summed E-state index contributed by atoms with van der Waals surface area (Å²) in [5.74, 6) is 0.820. The monoisotopic (exact) mass is 327 g/mol. The van der Waals surface area contributed by atoms with Crippen molar-refractivity contribution in [2.24, 2.45) is 13.0 Å². The van der Waals surface area contributed by atoms with Crippen LogP contribution in [-0.4, -0.2) is 28.0 Å². The lowest BCUT2D eigenvalue weighted by atomic mass is 9.78. The smallest absolute Gasteiger partial charge is 0.356 e. The van der Waals surface area contributed by atoms with E-state index in [-0.39, 0.29) is 11.7 Å². The van der Waals surface area contributed by atoms with Gasteiger partial charge in [-0.3, -0.25) is 4.68 Å². The van der Waals surface area contributed by atoms with Gasteiger partial charge in [0.15, 0.2) is 5.69 Å². The van der Waals surface area contributed by atoms with Gasteiger partial charge in [-0.25, -0.2) is 4.79 Å². The lowest BCUT2D eigenvalue weighted by Gasteiger charge is -2.37. The topological polar surface area (TPSA) is 76.4 Å². The molecule has 1 aliphatic heterocycles. The van der Waals surface area contributed by atoms with E-state index in [1.807, 2.05) is 13.1 Å². The fourth-order valence-electron chi connectivity index (χ4n) is 4.32. The molecule has 3 atom stereocenters. The summed E-state index contributed by atoms with van der Waals surface area (Å²) >= 11 is 0. The van der Waals surface area contributed by atoms with E-state index in [1.165, 1.54) is 12.0 Å². The highest BCUT2D eigenvalue weighted by atomic mass is 16.5. The number of hydrogen-bond acceptors (Lipinski definition) is 4. The van der Waals surface area contributed by atoms with E-state index in [0.29, 0.717) is 11.8 Å². The summed E-state index contributed by atoms with van der Waals surface area (Å²) in [6.45, 7) is 0. The largest absolute Gasteiger partial charge is 0.497 e. The summed E-state index contributed by atoms with van der Waals surface area (Å²) < 4.78 is 7.08.